The molecule has 0 bridgehead atoms. The number of aromatic nitrogens is 2. The molecule has 3 atom stereocenters. The number of halogens is 2. The highest BCUT2D eigenvalue weighted by Gasteiger charge is 2.50. The Morgan fingerprint density at radius 2 is 1.83 bits per heavy atom. The number of aromatic amines is 1. The number of likely N-dealkylation sites (tertiary alicyclic amines) is 1. The lowest BCUT2D eigenvalue weighted by molar-refractivity contribution is 0.0343. The molecule has 3 aromatic rings. The molecule has 29 heavy (non-hydrogen) atoms. The Morgan fingerprint density at radius 1 is 1.14 bits per heavy atom. The van der Waals surface area contributed by atoms with E-state index in [0.717, 1.165) is 16.5 Å². The second-order valence-corrected chi connectivity index (χ2v) is 8.96. The fraction of sp³-hybridized carbons (Fsp3) is 0.333. The third kappa shape index (κ3) is 3.35. The maximum atomic E-state index is 12.6. The number of fused-ring (bicyclic) bond motifs is 2. The van der Waals surface area contributed by atoms with Gasteiger partial charge in [-0.05, 0) is 66.6 Å². The Labute approximate surface area is 177 Å². The molecule has 2 heterocycles. The van der Waals surface area contributed by atoms with E-state index < -0.39 is 5.60 Å². The number of aliphatic hydroxyl groups is 1. The van der Waals surface area contributed by atoms with Crippen molar-refractivity contribution in [2.24, 2.45) is 11.8 Å². The quantitative estimate of drug-likeness (QED) is 0.554. The largest absolute Gasteiger partial charge is 0.385 e. The van der Waals surface area contributed by atoms with E-state index in [4.69, 9.17) is 23.2 Å². The molecule has 2 amide bonds. The predicted molar refractivity (Wildman–Crippen MR) is 113 cm³/mol. The molecule has 0 spiro atoms. The van der Waals surface area contributed by atoms with E-state index in [1.807, 2.05) is 17.0 Å². The number of amides is 2. The smallest absolute Gasteiger partial charge is 0.321 e. The lowest BCUT2D eigenvalue weighted by Crippen LogP contribution is -2.35. The van der Waals surface area contributed by atoms with Crippen LogP contribution in [0.4, 0.5) is 10.5 Å². The van der Waals surface area contributed by atoms with Gasteiger partial charge in [-0.25, -0.2) is 4.79 Å². The molecule has 2 fully saturated rings. The Bertz CT molecular complexity index is 1070. The van der Waals surface area contributed by atoms with Gasteiger partial charge in [0.25, 0.3) is 0 Å². The zero-order valence-corrected chi connectivity index (χ0v) is 17.0. The molecule has 150 valence electrons. The number of benzene rings is 2. The number of anilines is 1. The van der Waals surface area contributed by atoms with E-state index in [0.29, 0.717) is 41.7 Å². The van der Waals surface area contributed by atoms with Gasteiger partial charge in [-0.2, -0.15) is 5.10 Å². The van der Waals surface area contributed by atoms with Crippen molar-refractivity contribution in [3.63, 3.8) is 0 Å². The minimum atomic E-state index is -0.957. The van der Waals surface area contributed by atoms with Crippen LogP contribution in [-0.4, -0.2) is 39.3 Å². The highest BCUT2D eigenvalue weighted by atomic mass is 35.5. The van der Waals surface area contributed by atoms with E-state index in [1.165, 1.54) is 0 Å². The average Bonchev–Trinajstić information content (AvgIpc) is 3.36. The number of nitrogens with one attached hydrogen (secondary N) is 2. The first-order valence-corrected chi connectivity index (χ1v) is 10.3. The Morgan fingerprint density at radius 3 is 2.52 bits per heavy atom. The maximum Gasteiger partial charge on any atom is 0.321 e. The van der Waals surface area contributed by atoms with Crippen molar-refractivity contribution >= 4 is 45.8 Å². The summed E-state index contributed by atoms with van der Waals surface area (Å²) in [4.78, 5) is 14.5. The molecule has 5 rings (SSSR count). The molecular weight excluding hydrogens is 411 g/mol. The van der Waals surface area contributed by atoms with Gasteiger partial charge in [-0.1, -0.05) is 23.2 Å². The van der Waals surface area contributed by atoms with Crippen LogP contribution in [0.15, 0.2) is 42.6 Å². The topological polar surface area (TPSA) is 81.3 Å². The van der Waals surface area contributed by atoms with Gasteiger partial charge >= 0.3 is 6.03 Å². The van der Waals surface area contributed by atoms with Crippen molar-refractivity contribution in [2.45, 2.75) is 18.4 Å². The lowest BCUT2D eigenvalue weighted by Gasteiger charge is -2.27. The third-order valence-electron chi connectivity index (χ3n) is 6.18. The van der Waals surface area contributed by atoms with Crippen LogP contribution < -0.4 is 5.32 Å². The maximum absolute atomic E-state index is 12.6. The van der Waals surface area contributed by atoms with Gasteiger partial charge in [0.05, 0.1) is 17.3 Å². The van der Waals surface area contributed by atoms with Gasteiger partial charge in [0.15, 0.2) is 0 Å². The summed E-state index contributed by atoms with van der Waals surface area (Å²) in [6, 6.07) is 10.6. The van der Waals surface area contributed by atoms with E-state index in [-0.39, 0.29) is 17.9 Å². The molecule has 8 heteroatoms. The van der Waals surface area contributed by atoms with Crippen LogP contribution in [0.25, 0.3) is 10.9 Å². The van der Waals surface area contributed by atoms with Crippen LogP contribution in [0.2, 0.25) is 10.0 Å². The highest BCUT2D eigenvalue weighted by Crippen LogP contribution is 2.50. The summed E-state index contributed by atoms with van der Waals surface area (Å²) < 4.78 is 0. The van der Waals surface area contributed by atoms with Gasteiger partial charge < -0.3 is 15.3 Å². The summed E-state index contributed by atoms with van der Waals surface area (Å²) >= 11 is 12.2. The molecule has 1 aromatic heterocycles. The molecule has 2 aliphatic rings. The van der Waals surface area contributed by atoms with Gasteiger partial charge in [-0.3, -0.25) is 5.10 Å². The highest BCUT2D eigenvalue weighted by molar-refractivity contribution is 6.31. The average molecular weight is 431 g/mol. The number of hydrogen-bond donors (Lipinski definition) is 3. The zero-order valence-electron chi connectivity index (χ0n) is 15.5. The van der Waals surface area contributed by atoms with Crippen molar-refractivity contribution in [1.29, 1.82) is 0 Å². The molecule has 1 saturated carbocycles. The number of H-pyrrole nitrogens is 1. The molecule has 1 aliphatic carbocycles. The standard InChI is InChI=1S/C21H20Cl2N4O2/c22-14-1-3-16(4-2-14)25-20(28)27-10-12-7-21(29,8-13(12)11-27)18-5-15(23)6-19-17(18)9-24-26-19/h1-6,9,12-13,29H,7-8,10-11H2,(H,24,26)(H,25,28)/t12-,13+,21?. The van der Waals surface area contributed by atoms with Gasteiger partial charge in [0, 0.05) is 34.2 Å². The first-order chi connectivity index (χ1) is 13.9. The molecule has 6 nitrogen and oxygen atoms in total. The van der Waals surface area contributed by atoms with Crippen molar-refractivity contribution in [2.75, 3.05) is 18.4 Å². The van der Waals surface area contributed by atoms with Crippen LogP contribution in [0.1, 0.15) is 18.4 Å². The van der Waals surface area contributed by atoms with E-state index in [2.05, 4.69) is 15.5 Å². The van der Waals surface area contributed by atoms with Crippen LogP contribution in [0.3, 0.4) is 0 Å². The summed E-state index contributed by atoms with van der Waals surface area (Å²) in [6.07, 6.45) is 2.94. The number of nitrogens with zero attached hydrogens (tertiary/aromatic N) is 2. The Hall–Kier alpha value is -2.28. The summed E-state index contributed by atoms with van der Waals surface area (Å²) in [6.45, 7) is 1.25. The van der Waals surface area contributed by atoms with Crippen molar-refractivity contribution in [3.05, 3.63) is 58.2 Å². The number of urea groups is 1. The minimum Gasteiger partial charge on any atom is -0.385 e. The van der Waals surface area contributed by atoms with E-state index in [9.17, 15) is 9.90 Å². The molecule has 1 aliphatic heterocycles. The third-order valence-corrected chi connectivity index (χ3v) is 6.65. The fourth-order valence-electron chi connectivity index (χ4n) is 4.87. The lowest BCUT2D eigenvalue weighted by atomic mass is 9.88. The second-order valence-electron chi connectivity index (χ2n) is 8.09. The summed E-state index contributed by atoms with van der Waals surface area (Å²) in [5.74, 6) is 0.494. The fourth-order valence-corrected chi connectivity index (χ4v) is 5.22. The molecule has 2 aromatic carbocycles. The van der Waals surface area contributed by atoms with Crippen LogP contribution in [0.5, 0.6) is 0 Å². The first kappa shape index (κ1) is 18.7. The van der Waals surface area contributed by atoms with Crippen LogP contribution in [0, 0.1) is 11.8 Å². The van der Waals surface area contributed by atoms with Gasteiger partial charge in [0.1, 0.15) is 0 Å². The van der Waals surface area contributed by atoms with Gasteiger partial charge in [0.2, 0.25) is 0 Å². The minimum absolute atomic E-state index is 0.120. The first-order valence-electron chi connectivity index (χ1n) is 9.58. The molecule has 3 N–H and O–H groups in total. The summed E-state index contributed by atoms with van der Waals surface area (Å²) in [5.41, 5.74) is 1.40. The molecule has 0 radical (unpaired) electrons. The van der Waals surface area contributed by atoms with Crippen LogP contribution >= 0.6 is 23.2 Å². The summed E-state index contributed by atoms with van der Waals surface area (Å²) in [5, 5.41) is 23.5. The number of rotatable bonds is 2. The van der Waals surface area contributed by atoms with E-state index in [1.54, 1.807) is 30.5 Å². The second kappa shape index (κ2) is 6.90. The predicted octanol–water partition coefficient (Wildman–Crippen LogP) is 4.63. The van der Waals surface area contributed by atoms with Crippen molar-refractivity contribution in [1.82, 2.24) is 15.1 Å². The van der Waals surface area contributed by atoms with Crippen molar-refractivity contribution < 1.29 is 9.90 Å². The van der Waals surface area contributed by atoms with Crippen molar-refractivity contribution in [3.8, 4) is 0 Å². The Balaban J connectivity index is 1.31. The van der Waals surface area contributed by atoms with Crippen LogP contribution in [-0.2, 0) is 5.60 Å². The number of carbonyl (C=O) groups is 1. The summed E-state index contributed by atoms with van der Waals surface area (Å²) in [7, 11) is 0. The molecule has 1 unspecified atom stereocenters. The van der Waals surface area contributed by atoms with Gasteiger partial charge in [-0.15, -0.1) is 0 Å². The Kier molecular flexibility index (Phi) is 4.46. The normalized spacial score (nSPS) is 26.1. The molecular formula is C21H20Cl2N4O2. The zero-order chi connectivity index (χ0) is 20.2. The van der Waals surface area contributed by atoms with E-state index >= 15 is 0 Å². The monoisotopic (exact) mass is 430 g/mol. The number of carbonyl (C=O) groups excluding carboxylic acids is 1. The molecule has 1 saturated heterocycles. The SMILES string of the molecule is O=C(Nc1ccc(Cl)cc1)N1C[C@@H]2CC(O)(c3cc(Cl)cc4[nH]ncc34)C[C@@H]2C1. The number of hydrogen-bond acceptors (Lipinski definition) is 3.